The summed E-state index contributed by atoms with van der Waals surface area (Å²) in [6.45, 7) is 0. The average molecular weight is 248 g/mol. The minimum atomic E-state index is -4.50. The molecule has 88 valence electrons. The van der Waals surface area contributed by atoms with Gasteiger partial charge in [0, 0.05) is 12.1 Å². The van der Waals surface area contributed by atoms with Crippen molar-refractivity contribution in [3.05, 3.63) is 28.3 Å². The highest BCUT2D eigenvalue weighted by Crippen LogP contribution is 2.29. The minimum Gasteiger partial charge on any atom is -0.495 e. The van der Waals surface area contributed by atoms with Crippen LogP contribution < -0.4 is 9.46 Å². The number of hydrogen-bond acceptors (Lipinski definition) is 5. The second-order valence-electron chi connectivity index (χ2n) is 2.72. The fraction of sp³-hybridized carbons (Fsp3) is 0.143. The molecule has 0 aliphatic rings. The molecule has 0 fully saturated rings. The van der Waals surface area contributed by atoms with Crippen LogP contribution in [0.25, 0.3) is 0 Å². The third-order valence-corrected chi connectivity index (χ3v) is 2.11. The van der Waals surface area contributed by atoms with E-state index in [0.717, 1.165) is 12.1 Å². The zero-order chi connectivity index (χ0) is 12.3. The first-order valence-corrected chi connectivity index (χ1v) is 5.35. The van der Waals surface area contributed by atoms with E-state index in [1.807, 2.05) is 0 Å². The van der Waals surface area contributed by atoms with Crippen LogP contribution in [0.2, 0.25) is 0 Å². The molecule has 1 aromatic rings. The highest BCUT2D eigenvalue weighted by Gasteiger charge is 2.14. The number of rotatable bonds is 4. The predicted octanol–water partition coefficient (Wildman–Crippen LogP) is 0.818. The van der Waals surface area contributed by atoms with Crippen LogP contribution in [0.5, 0.6) is 5.75 Å². The van der Waals surface area contributed by atoms with Gasteiger partial charge >= 0.3 is 10.3 Å². The number of anilines is 1. The van der Waals surface area contributed by atoms with Gasteiger partial charge in [0.05, 0.1) is 17.7 Å². The van der Waals surface area contributed by atoms with Crippen LogP contribution in [-0.2, 0) is 10.3 Å². The van der Waals surface area contributed by atoms with Gasteiger partial charge < -0.3 is 4.74 Å². The number of ether oxygens (including phenoxy) is 1. The van der Waals surface area contributed by atoms with E-state index in [-0.39, 0.29) is 17.1 Å². The summed E-state index contributed by atoms with van der Waals surface area (Å²) in [4.78, 5) is 9.74. The Balaban J connectivity index is 3.22. The highest BCUT2D eigenvalue weighted by molar-refractivity contribution is 7.87. The van der Waals surface area contributed by atoms with Crippen LogP contribution >= 0.6 is 0 Å². The van der Waals surface area contributed by atoms with Gasteiger partial charge in [0.1, 0.15) is 5.75 Å². The zero-order valence-corrected chi connectivity index (χ0v) is 8.89. The Bertz CT molecular complexity index is 512. The van der Waals surface area contributed by atoms with E-state index in [9.17, 15) is 18.5 Å². The SMILES string of the molecule is COc1ccc([N+](=O)[O-])cc1NS(=O)(=O)O. The molecule has 2 N–H and O–H groups in total. The van der Waals surface area contributed by atoms with Crippen molar-refractivity contribution in [1.82, 2.24) is 0 Å². The molecule has 16 heavy (non-hydrogen) atoms. The summed E-state index contributed by atoms with van der Waals surface area (Å²) >= 11 is 0. The van der Waals surface area contributed by atoms with E-state index < -0.39 is 15.2 Å². The number of methoxy groups -OCH3 is 1. The second-order valence-corrected chi connectivity index (χ2v) is 3.87. The molecule has 0 atom stereocenters. The monoisotopic (exact) mass is 248 g/mol. The molecule has 0 bridgehead atoms. The van der Waals surface area contributed by atoms with Crippen molar-refractivity contribution in [3.8, 4) is 5.75 Å². The molecule has 0 unspecified atom stereocenters. The Hall–Kier alpha value is -1.87. The third-order valence-electron chi connectivity index (χ3n) is 1.63. The van der Waals surface area contributed by atoms with E-state index >= 15 is 0 Å². The second kappa shape index (κ2) is 4.33. The first-order valence-electron chi connectivity index (χ1n) is 3.91. The maximum absolute atomic E-state index is 10.6. The lowest BCUT2D eigenvalue weighted by atomic mass is 10.2. The summed E-state index contributed by atoms with van der Waals surface area (Å²) < 4.78 is 36.2. The lowest BCUT2D eigenvalue weighted by Crippen LogP contribution is -2.11. The molecule has 1 aromatic carbocycles. The largest absolute Gasteiger partial charge is 0.495 e. The smallest absolute Gasteiger partial charge is 0.357 e. The zero-order valence-electron chi connectivity index (χ0n) is 8.08. The molecule has 0 heterocycles. The van der Waals surface area contributed by atoms with Crippen LogP contribution in [0.1, 0.15) is 0 Å². The van der Waals surface area contributed by atoms with Gasteiger partial charge in [-0.1, -0.05) is 0 Å². The lowest BCUT2D eigenvalue weighted by Gasteiger charge is -2.07. The van der Waals surface area contributed by atoms with Gasteiger partial charge in [0.25, 0.3) is 5.69 Å². The Kier molecular flexibility index (Phi) is 3.30. The van der Waals surface area contributed by atoms with Crippen molar-refractivity contribution in [1.29, 1.82) is 0 Å². The van der Waals surface area contributed by atoms with Crippen molar-refractivity contribution in [2.24, 2.45) is 0 Å². The normalized spacial score (nSPS) is 10.9. The topological polar surface area (TPSA) is 119 Å². The van der Waals surface area contributed by atoms with E-state index in [0.29, 0.717) is 0 Å². The molecule has 0 aromatic heterocycles. The predicted molar refractivity (Wildman–Crippen MR) is 54.8 cm³/mol. The van der Waals surface area contributed by atoms with E-state index in [1.54, 1.807) is 4.72 Å². The van der Waals surface area contributed by atoms with Gasteiger partial charge in [0.2, 0.25) is 0 Å². The molecule has 9 heteroatoms. The summed E-state index contributed by atoms with van der Waals surface area (Å²) in [6.07, 6.45) is 0. The van der Waals surface area contributed by atoms with Crippen LogP contribution in [0, 0.1) is 10.1 Å². The Morgan fingerprint density at radius 1 is 1.50 bits per heavy atom. The first-order chi connectivity index (χ1) is 7.33. The molecule has 0 saturated carbocycles. The van der Waals surface area contributed by atoms with E-state index in [4.69, 9.17) is 9.29 Å². The van der Waals surface area contributed by atoms with E-state index in [1.165, 1.54) is 13.2 Å². The van der Waals surface area contributed by atoms with Gasteiger partial charge in [0.15, 0.2) is 0 Å². The number of hydrogen-bond donors (Lipinski definition) is 2. The molecular formula is C7H8N2O6S. The highest BCUT2D eigenvalue weighted by atomic mass is 32.2. The Morgan fingerprint density at radius 2 is 2.12 bits per heavy atom. The summed E-state index contributed by atoms with van der Waals surface area (Å²) in [5.74, 6) is 0.0585. The van der Waals surface area contributed by atoms with Crippen molar-refractivity contribution < 1.29 is 22.6 Å². The maximum atomic E-state index is 10.6. The Labute approximate surface area is 90.9 Å². The number of nitrogens with zero attached hydrogens (tertiary/aromatic N) is 1. The van der Waals surface area contributed by atoms with Crippen LogP contribution in [0.15, 0.2) is 18.2 Å². The van der Waals surface area contributed by atoms with Crippen molar-refractivity contribution in [2.75, 3.05) is 11.8 Å². The number of nitrogens with one attached hydrogen (secondary N) is 1. The van der Waals surface area contributed by atoms with Crippen molar-refractivity contribution >= 4 is 21.7 Å². The molecule has 0 aliphatic carbocycles. The molecule has 0 radical (unpaired) electrons. The fourth-order valence-corrected chi connectivity index (χ4v) is 1.47. The Morgan fingerprint density at radius 3 is 2.56 bits per heavy atom. The quantitative estimate of drug-likeness (QED) is 0.462. The minimum absolute atomic E-state index is 0.0585. The standard InChI is InChI=1S/C7H8N2O6S/c1-15-7-3-2-5(9(10)11)4-6(7)8-16(12,13)14/h2-4,8H,1H3,(H,12,13,14). The molecule has 0 saturated heterocycles. The van der Waals surface area contributed by atoms with Gasteiger partial charge in [-0.05, 0) is 6.07 Å². The molecular weight excluding hydrogens is 240 g/mol. The van der Waals surface area contributed by atoms with Gasteiger partial charge in [-0.3, -0.25) is 19.4 Å². The van der Waals surface area contributed by atoms with Crippen LogP contribution in [-0.4, -0.2) is 25.0 Å². The van der Waals surface area contributed by atoms with Crippen LogP contribution in [0.4, 0.5) is 11.4 Å². The summed E-state index contributed by atoms with van der Waals surface area (Å²) in [6, 6.07) is 3.30. The molecule has 8 nitrogen and oxygen atoms in total. The summed E-state index contributed by atoms with van der Waals surface area (Å²) in [5, 5.41) is 10.4. The fourth-order valence-electron chi connectivity index (χ4n) is 1.03. The lowest BCUT2D eigenvalue weighted by molar-refractivity contribution is -0.384. The first kappa shape index (κ1) is 12.2. The molecule has 0 amide bonds. The van der Waals surface area contributed by atoms with Gasteiger partial charge in [-0.2, -0.15) is 8.42 Å². The molecule has 0 aliphatic heterocycles. The number of nitro groups is 1. The number of non-ortho nitro benzene ring substituents is 1. The molecule has 1 rings (SSSR count). The molecule has 0 spiro atoms. The van der Waals surface area contributed by atoms with Gasteiger partial charge in [-0.25, -0.2) is 0 Å². The van der Waals surface area contributed by atoms with Crippen molar-refractivity contribution in [2.45, 2.75) is 0 Å². The van der Waals surface area contributed by atoms with Gasteiger partial charge in [-0.15, -0.1) is 0 Å². The number of nitro benzene ring substituents is 1. The third kappa shape index (κ3) is 3.07. The van der Waals surface area contributed by atoms with E-state index in [2.05, 4.69) is 0 Å². The summed E-state index contributed by atoms with van der Waals surface area (Å²) in [7, 11) is -3.24. The number of benzene rings is 1. The van der Waals surface area contributed by atoms with Crippen molar-refractivity contribution in [3.63, 3.8) is 0 Å². The van der Waals surface area contributed by atoms with Crippen LogP contribution in [0.3, 0.4) is 0 Å². The average Bonchev–Trinajstić information content (AvgIpc) is 2.15. The summed E-state index contributed by atoms with van der Waals surface area (Å²) in [5.41, 5.74) is -0.536. The maximum Gasteiger partial charge on any atom is 0.357 e.